The van der Waals surface area contributed by atoms with E-state index in [0.29, 0.717) is 11.7 Å². The zero-order valence-corrected chi connectivity index (χ0v) is 9.49. The van der Waals surface area contributed by atoms with Gasteiger partial charge in [0.15, 0.2) is 0 Å². The maximum Gasteiger partial charge on any atom is 0.143 e. The molecule has 0 radical (unpaired) electrons. The van der Waals surface area contributed by atoms with Crippen molar-refractivity contribution in [3.63, 3.8) is 0 Å². The highest BCUT2D eigenvalue weighted by molar-refractivity contribution is 5.98. The summed E-state index contributed by atoms with van der Waals surface area (Å²) in [5.74, 6) is 0.0182. The molecule has 3 N–H and O–H groups in total. The van der Waals surface area contributed by atoms with Crippen LogP contribution in [0, 0.1) is 5.41 Å². The van der Waals surface area contributed by atoms with Crippen molar-refractivity contribution < 1.29 is 0 Å². The minimum atomic E-state index is 0.0182. The van der Waals surface area contributed by atoms with Crippen LogP contribution in [0.2, 0.25) is 0 Å². The number of nitrogen functional groups attached to an aromatic ring is 1. The number of rotatable bonds is 4. The van der Waals surface area contributed by atoms with Crippen LogP contribution < -0.4 is 10.6 Å². The van der Waals surface area contributed by atoms with Gasteiger partial charge in [0, 0.05) is 18.8 Å². The van der Waals surface area contributed by atoms with Crippen molar-refractivity contribution in [3.05, 3.63) is 24.0 Å². The van der Waals surface area contributed by atoms with Crippen LogP contribution in [-0.2, 0) is 0 Å². The van der Waals surface area contributed by atoms with E-state index >= 15 is 0 Å². The fraction of sp³-hybridized carbons (Fsp3) is 0.455. The number of hydrogen-bond donors (Lipinski definition) is 2. The van der Waals surface area contributed by atoms with Gasteiger partial charge < -0.3 is 10.6 Å². The molecule has 1 aromatic rings. The Morgan fingerprint density at radius 3 is 2.73 bits per heavy atom. The zero-order valence-electron chi connectivity index (χ0n) is 9.49. The number of anilines is 1. The normalized spacial score (nSPS) is 10.4. The van der Waals surface area contributed by atoms with Crippen LogP contribution in [0.3, 0.4) is 0 Å². The Balaban J connectivity index is 3.16. The second-order valence-corrected chi connectivity index (χ2v) is 3.66. The Morgan fingerprint density at radius 1 is 1.60 bits per heavy atom. The Morgan fingerprint density at radius 2 is 2.27 bits per heavy atom. The maximum atomic E-state index is 7.47. The molecule has 1 rings (SSSR count). The predicted molar refractivity (Wildman–Crippen MR) is 63.4 cm³/mol. The summed E-state index contributed by atoms with van der Waals surface area (Å²) in [5.41, 5.74) is 7.00. The third kappa shape index (κ3) is 2.46. The molecular formula is C11H18N4. The van der Waals surface area contributed by atoms with Gasteiger partial charge in [-0.3, -0.25) is 10.4 Å². The highest BCUT2D eigenvalue weighted by Gasteiger charge is 2.14. The molecule has 0 aliphatic rings. The fourth-order valence-corrected chi connectivity index (χ4v) is 1.65. The SMILES string of the molecule is CCN(c1cccnc1C(=N)N)C(C)C. The molecule has 82 valence electrons. The van der Waals surface area contributed by atoms with Crippen molar-refractivity contribution in [2.75, 3.05) is 11.4 Å². The number of nitrogens with zero attached hydrogens (tertiary/aromatic N) is 2. The van der Waals surface area contributed by atoms with E-state index in [2.05, 4.69) is 30.7 Å². The van der Waals surface area contributed by atoms with E-state index in [4.69, 9.17) is 11.1 Å². The quantitative estimate of drug-likeness (QED) is 0.581. The van der Waals surface area contributed by atoms with Gasteiger partial charge in [-0.25, -0.2) is 0 Å². The van der Waals surface area contributed by atoms with E-state index in [9.17, 15) is 0 Å². The summed E-state index contributed by atoms with van der Waals surface area (Å²) in [5, 5.41) is 7.47. The van der Waals surface area contributed by atoms with Gasteiger partial charge >= 0.3 is 0 Å². The van der Waals surface area contributed by atoms with Gasteiger partial charge in [-0.1, -0.05) is 0 Å². The van der Waals surface area contributed by atoms with Crippen molar-refractivity contribution in [1.29, 1.82) is 5.41 Å². The summed E-state index contributed by atoms with van der Waals surface area (Å²) in [6.07, 6.45) is 1.66. The molecule has 0 saturated heterocycles. The van der Waals surface area contributed by atoms with Gasteiger partial charge in [-0.05, 0) is 32.9 Å². The molecule has 0 amide bonds. The topological polar surface area (TPSA) is 66.0 Å². The lowest BCUT2D eigenvalue weighted by atomic mass is 10.2. The van der Waals surface area contributed by atoms with E-state index in [-0.39, 0.29) is 5.84 Å². The minimum Gasteiger partial charge on any atom is -0.382 e. The largest absolute Gasteiger partial charge is 0.382 e. The number of aromatic nitrogens is 1. The van der Waals surface area contributed by atoms with Crippen LogP contribution in [-0.4, -0.2) is 23.4 Å². The first-order chi connectivity index (χ1) is 7.07. The fourth-order valence-electron chi connectivity index (χ4n) is 1.65. The van der Waals surface area contributed by atoms with E-state index in [0.717, 1.165) is 12.2 Å². The molecule has 4 heteroatoms. The summed E-state index contributed by atoms with van der Waals surface area (Å²) in [4.78, 5) is 6.31. The molecule has 0 spiro atoms. The second kappa shape index (κ2) is 4.77. The Labute approximate surface area is 90.6 Å². The van der Waals surface area contributed by atoms with E-state index < -0.39 is 0 Å². The van der Waals surface area contributed by atoms with Gasteiger partial charge in [0.2, 0.25) is 0 Å². The van der Waals surface area contributed by atoms with Crippen LogP contribution in [0.5, 0.6) is 0 Å². The highest BCUT2D eigenvalue weighted by atomic mass is 15.2. The van der Waals surface area contributed by atoms with Crippen LogP contribution >= 0.6 is 0 Å². The summed E-state index contributed by atoms with van der Waals surface area (Å²) < 4.78 is 0. The van der Waals surface area contributed by atoms with E-state index in [1.807, 2.05) is 12.1 Å². The lowest BCUT2D eigenvalue weighted by Gasteiger charge is -2.28. The van der Waals surface area contributed by atoms with Gasteiger partial charge in [0.05, 0.1) is 5.69 Å². The molecule has 0 atom stereocenters. The van der Waals surface area contributed by atoms with Crippen molar-refractivity contribution in [1.82, 2.24) is 4.98 Å². The second-order valence-electron chi connectivity index (χ2n) is 3.66. The highest BCUT2D eigenvalue weighted by Crippen LogP contribution is 2.19. The van der Waals surface area contributed by atoms with E-state index in [1.165, 1.54) is 0 Å². The summed E-state index contributed by atoms with van der Waals surface area (Å²) in [7, 11) is 0. The van der Waals surface area contributed by atoms with Crippen LogP contribution in [0.1, 0.15) is 26.5 Å². The van der Waals surface area contributed by atoms with Gasteiger partial charge in [0.1, 0.15) is 11.5 Å². The Bertz CT molecular complexity index is 346. The number of hydrogen-bond acceptors (Lipinski definition) is 3. The summed E-state index contributed by atoms with van der Waals surface area (Å²) >= 11 is 0. The lowest BCUT2D eigenvalue weighted by Crippen LogP contribution is -2.32. The Kier molecular flexibility index (Phi) is 3.66. The van der Waals surface area contributed by atoms with Crippen molar-refractivity contribution in [2.24, 2.45) is 5.73 Å². The molecule has 0 unspecified atom stereocenters. The van der Waals surface area contributed by atoms with Gasteiger partial charge in [-0.2, -0.15) is 0 Å². The average molecular weight is 206 g/mol. The summed E-state index contributed by atoms with van der Waals surface area (Å²) in [6.45, 7) is 7.18. The molecule has 15 heavy (non-hydrogen) atoms. The molecule has 0 saturated carbocycles. The molecule has 0 bridgehead atoms. The number of nitrogens with one attached hydrogen (secondary N) is 1. The van der Waals surface area contributed by atoms with E-state index in [1.54, 1.807) is 6.20 Å². The van der Waals surface area contributed by atoms with Gasteiger partial charge in [-0.15, -0.1) is 0 Å². The maximum absolute atomic E-state index is 7.47. The van der Waals surface area contributed by atoms with Crippen LogP contribution in [0.4, 0.5) is 5.69 Å². The molecule has 0 fully saturated rings. The minimum absolute atomic E-state index is 0.0182. The van der Waals surface area contributed by atoms with Crippen LogP contribution in [0.15, 0.2) is 18.3 Å². The predicted octanol–water partition coefficient (Wildman–Crippen LogP) is 1.60. The molecule has 0 aromatic carbocycles. The molecule has 1 aromatic heterocycles. The van der Waals surface area contributed by atoms with Crippen LogP contribution in [0.25, 0.3) is 0 Å². The monoisotopic (exact) mass is 206 g/mol. The van der Waals surface area contributed by atoms with Gasteiger partial charge in [0.25, 0.3) is 0 Å². The third-order valence-electron chi connectivity index (χ3n) is 2.32. The third-order valence-corrected chi connectivity index (χ3v) is 2.32. The first-order valence-electron chi connectivity index (χ1n) is 5.14. The van der Waals surface area contributed by atoms with Crippen molar-refractivity contribution >= 4 is 11.5 Å². The molecular weight excluding hydrogens is 188 g/mol. The molecule has 0 aliphatic heterocycles. The first-order valence-corrected chi connectivity index (χ1v) is 5.14. The molecule has 4 nitrogen and oxygen atoms in total. The number of nitrogens with two attached hydrogens (primary N) is 1. The van der Waals surface area contributed by atoms with Crippen molar-refractivity contribution in [3.8, 4) is 0 Å². The first kappa shape index (κ1) is 11.5. The Hall–Kier alpha value is -1.58. The number of amidine groups is 1. The molecule has 1 heterocycles. The lowest BCUT2D eigenvalue weighted by molar-refractivity contribution is 0.701. The zero-order chi connectivity index (χ0) is 11.4. The summed E-state index contributed by atoms with van der Waals surface area (Å²) in [6, 6.07) is 4.19. The molecule has 0 aliphatic carbocycles. The standard InChI is InChI=1S/C11H18N4/c1-4-15(8(2)3)9-6-5-7-14-10(9)11(12)13/h5-8H,4H2,1-3H3,(H3,12,13). The average Bonchev–Trinajstić information content (AvgIpc) is 2.18. The van der Waals surface area contributed by atoms with Crippen molar-refractivity contribution in [2.45, 2.75) is 26.8 Å². The smallest absolute Gasteiger partial charge is 0.143 e. The number of pyridine rings is 1.